The minimum atomic E-state index is -4.44. The number of hydrogen-bond acceptors (Lipinski definition) is 6. The number of ether oxygens (including phenoxy) is 1. The number of carbonyl (C=O) groups excluding carboxylic acids is 1. The van der Waals surface area contributed by atoms with Gasteiger partial charge in [0.05, 0.1) is 21.4 Å². The zero-order valence-corrected chi connectivity index (χ0v) is 17.1. The Labute approximate surface area is 178 Å². The van der Waals surface area contributed by atoms with E-state index in [0.717, 1.165) is 12.3 Å². The fourth-order valence-electron chi connectivity index (χ4n) is 2.91. The van der Waals surface area contributed by atoms with Crippen LogP contribution in [-0.4, -0.2) is 49.5 Å². The second kappa shape index (κ2) is 8.91. The molecule has 0 radical (unpaired) electrons. The van der Waals surface area contributed by atoms with Gasteiger partial charge in [0.15, 0.2) is 5.75 Å². The van der Waals surface area contributed by atoms with E-state index in [4.69, 9.17) is 10.00 Å². The van der Waals surface area contributed by atoms with Gasteiger partial charge in [-0.2, -0.15) is 18.4 Å². The number of nitrogens with zero attached hydrogens (tertiary/aromatic N) is 5. The number of piperazine rings is 1. The molecule has 0 saturated carbocycles. The molecule has 0 spiro atoms. The third-order valence-electron chi connectivity index (χ3n) is 4.29. The largest absolute Gasteiger partial charge is 0.416 e. The van der Waals surface area contributed by atoms with E-state index in [1.165, 1.54) is 29.6 Å². The molecular formula is C18H15F3IN5O2. The van der Waals surface area contributed by atoms with Gasteiger partial charge in [0, 0.05) is 50.8 Å². The van der Waals surface area contributed by atoms with Crippen LogP contribution in [0, 0.1) is 11.3 Å². The summed E-state index contributed by atoms with van der Waals surface area (Å²) < 4.78 is 44.5. The highest BCUT2D eigenvalue weighted by molar-refractivity contribution is 14.1. The molecule has 0 unspecified atom stereocenters. The summed E-state index contributed by atoms with van der Waals surface area (Å²) in [5.74, 6) is 0.158. The minimum Gasteiger partial charge on any atom is -0.408 e. The summed E-state index contributed by atoms with van der Waals surface area (Å²) in [6.07, 6.45) is -0.0143. The molecule has 152 valence electrons. The van der Waals surface area contributed by atoms with Crippen LogP contribution >= 0.6 is 22.6 Å². The first-order chi connectivity index (χ1) is 13.8. The predicted molar refractivity (Wildman–Crippen MR) is 104 cm³/mol. The number of amides is 1. The SMILES string of the molecule is N#Cc1cncc(OC(=O)N2CCN(Cc3cnccc3C(F)(F)F)C[C@H]2I)c1. The molecule has 0 N–H and O–H groups in total. The van der Waals surface area contributed by atoms with E-state index >= 15 is 0 Å². The van der Waals surface area contributed by atoms with Crippen molar-refractivity contribution < 1.29 is 22.7 Å². The summed E-state index contributed by atoms with van der Waals surface area (Å²) in [5.41, 5.74) is -0.341. The second-order valence-corrected chi connectivity index (χ2v) is 7.72. The molecule has 1 atom stereocenters. The molecule has 7 nitrogen and oxygen atoms in total. The Morgan fingerprint density at radius 1 is 1.31 bits per heavy atom. The van der Waals surface area contributed by atoms with E-state index in [1.54, 1.807) is 0 Å². The Morgan fingerprint density at radius 2 is 2.10 bits per heavy atom. The maximum absolute atomic E-state index is 13.2. The monoisotopic (exact) mass is 517 g/mol. The molecule has 3 rings (SSSR count). The average molecular weight is 517 g/mol. The Bertz CT molecular complexity index is 934. The molecule has 1 aliphatic rings. The Morgan fingerprint density at radius 3 is 2.79 bits per heavy atom. The smallest absolute Gasteiger partial charge is 0.408 e. The maximum atomic E-state index is 13.2. The van der Waals surface area contributed by atoms with Crippen molar-refractivity contribution in [1.82, 2.24) is 19.8 Å². The Hall–Kier alpha value is -2.46. The summed E-state index contributed by atoms with van der Waals surface area (Å²) >= 11 is 2.05. The lowest BCUT2D eigenvalue weighted by atomic mass is 10.1. The first-order valence-corrected chi connectivity index (χ1v) is 9.72. The fraction of sp³-hybridized carbons (Fsp3) is 0.333. The zero-order valence-electron chi connectivity index (χ0n) is 14.9. The maximum Gasteiger partial charge on any atom is 0.416 e. The van der Waals surface area contributed by atoms with Gasteiger partial charge < -0.3 is 4.74 Å². The van der Waals surface area contributed by atoms with E-state index in [9.17, 15) is 18.0 Å². The van der Waals surface area contributed by atoms with Crippen LogP contribution in [0.4, 0.5) is 18.0 Å². The van der Waals surface area contributed by atoms with E-state index in [2.05, 4.69) is 32.6 Å². The van der Waals surface area contributed by atoms with Crippen LogP contribution in [0.25, 0.3) is 0 Å². The molecule has 2 aromatic rings. The van der Waals surface area contributed by atoms with Crippen molar-refractivity contribution >= 4 is 28.7 Å². The standard InChI is InChI=1S/C18H15F3IN5O2/c19-18(20,21)15-1-2-24-8-13(15)10-26-3-4-27(16(22)11-26)17(28)29-14-5-12(6-23)7-25-9-14/h1-2,5,7-9,16H,3-4,10-11H2/t16-/m0/s1. The van der Waals surface area contributed by atoms with Crippen molar-refractivity contribution in [3.05, 3.63) is 53.6 Å². The number of nitriles is 1. The van der Waals surface area contributed by atoms with Gasteiger partial charge in [-0.05, 0) is 11.6 Å². The number of aromatic nitrogens is 2. The quantitative estimate of drug-likeness (QED) is 0.353. The van der Waals surface area contributed by atoms with Crippen molar-refractivity contribution in [3.63, 3.8) is 0 Å². The minimum absolute atomic E-state index is 0.0825. The molecule has 11 heteroatoms. The number of carbonyl (C=O) groups is 1. The van der Waals surface area contributed by atoms with Crippen LogP contribution in [0.3, 0.4) is 0 Å². The number of halogens is 4. The lowest BCUT2D eigenvalue weighted by Crippen LogP contribution is -2.53. The molecule has 0 bridgehead atoms. The van der Waals surface area contributed by atoms with Crippen LogP contribution < -0.4 is 4.74 Å². The first kappa shape index (κ1) is 21.3. The van der Waals surface area contributed by atoms with Crippen LogP contribution in [0.2, 0.25) is 0 Å². The molecule has 0 aromatic carbocycles. The summed E-state index contributed by atoms with van der Waals surface area (Å²) in [4.78, 5) is 23.4. The molecule has 1 aliphatic heterocycles. The molecule has 3 heterocycles. The Balaban J connectivity index is 1.62. The topological polar surface area (TPSA) is 82.3 Å². The third kappa shape index (κ3) is 5.33. The summed E-state index contributed by atoms with van der Waals surface area (Å²) in [7, 11) is 0. The van der Waals surface area contributed by atoms with Crippen LogP contribution in [0.1, 0.15) is 16.7 Å². The molecule has 2 aromatic heterocycles. The van der Waals surface area contributed by atoms with Crippen molar-refractivity contribution in [2.75, 3.05) is 19.6 Å². The summed E-state index contributed by atoms with van der Waals surface area (Å²) in [5, 5.41) is 8.88. The molecular weight excluding hydrogens is 502 g/mol. The van der Waals surface area contributed by atoms with Crippen molar-refractivity contribution in [2.24, 2.45) is 0 Å². The average Bonchev–Trinajstić information content (AvgIpc) is 2.67. The second-order valence-electron chi connectivity index (χ2n) is 6.28. The van der Waals surface area contributed by atoms with Gasteiger partial charge in [-0.1, -0.05) is 22.6 Å². The predicted octanol–water partition coefficient (Wildman–Crippen LogP) is 3.44. The van der Waals surface area contributed by atoms with Crippen LogP contribution in [0.5, 0.6) is 5.75 Å². The van der Waals surface area contributed by atoms with Crippen LogP contribution in [-0.2, 0) is 12.7 Å². The van der Waals surface area contributed by atoms with E-state index in [0.29, 0.717) is 19.6 Å². The highest BCUT2D eigenvalue weighted by Crippen LogP contribution is 2.32. The van der Waals surface area contributed by atoms with Gasteiger partial charge in [0.1, 0.15) is 6.07 Å². The van der Waals surface area contributed by atoms with Gasteiger partial charge >= 0.3 is 12.3 Å². The van der Waals surface area contributed by atoms with Crippen molar-refractivity contribution in [2.45, 2.75) is 16.8 Å². The molecule has 0 aliphatic carbocycles. The fourth-order valence-corrected chi connectivity index (χ4v) is 3.97. The van der Waals surface area contributed by atoms with Crippen molar-refractivity contribution in [1.29, 1.82) is 5.26 Å². The van der Waals surface area contributed by atoms with Crippen LogP contribution in [0.15, 0.2) is 36.9 Å². The molecule has 29 heavy (non-hydrogen) atoms. The van der Waals surface area contributed by atoms with Gasteiger partial charge in [-0.3, -0.25) is 19.8 Å². The number of alkyl halides is 4. The number of pyridine rings is 2. The van der Waals surface area contributed by atoms with Gasteiger partial charge in [0.25, 0.3) is 0 Å². The summed E-state index contributed by atoms with van der Waals surface area (Å²) in [6.45, 7) is 1.13. The Kier molecular flexibility index (Phi) is 6.53. The van der Waals surface area contributed by atoms with E-state index in [-0.39, 0.29) is 27.5 Å². The van der Waals surface area contributed by atoms with Gasteiger partial charge in [-0.15, -0.1) is 0 Å². The first-order valence-electron chi connectivity index (χ1n) is 8.48. The number of hydrogen-bond donors (Lipinski definition) is 0. The molecule has 1 fully saturated rings. The normalized spacial score (nSPS) is 17.6. The highest BCUT2D eigenvalue weighted by Gasteiger charge is 2.35. The zero-order chi connectivity index (χ0) is 21.0. The van der Waals surface area contributed by atoms with E-state index in [1.807, 2.05) is 11.0 Å². The molecule has 1 amide bonds. The summed E-state index contributed by atoms with van der Waals surface area (Å²) in [6, 6.07) is 4.29. The lowest BCUT2D eigenvalue weighted by molar-refractivity contribution is -0.138. The molecule has 1 saturated heterocycles. The van der Waals surface area contributed by atoms with Gasteiger partial charge in [-0.25, -0.2) is 4.79 Å². The van der Waals surface area contributed by atoms with Gasteiger partial charge in [0.2, 0.25) is 0 Å². The van der Waals surface area contributed by atoms with E-state index < -0.39 is 17.8 Å². The third-order valence-corrected chi connectivity index (χ3v) is 5.36. The van der Waals surface area contributed by atoms with Crippen molar-refractivity contribution in [3.8, 4) is 11.8 Å². The number of rotatable bonds is 3. The highest BCUT2D eigenvalue weighted by atomic mass is 127. The lowest BCUT2D eigenvalue weighted by Gasteiger charge is -2.38.